The van der Waals surface area contributed by atoms with Crippen LogP contribution in [0.25, 0.3) is 34.6 Å². The Balaban J connectivity index is 2.58. The topological polar surface area (TPSA) is 62.8 Å². The molecule has 0 saturated carbocycles. The quantitative estimate of drug-likeness (QED) is 0.776. The number of hydrogen-bond donors (Lipinski definition) is 1. The summed E-state index contributed by atoms with van der Waals surface area (Å²) in [5.74, 6) is -0.250. The second kappa shape index (κ2) is 7.62. The molecule has 0 aromatic heterocycles. The monoisotopic (exact) mass is 361 g/mol. The standard InChI is InChI=1S/C23H23NO3/c1-5-15-20(6-2)27-21-13-19(24-7-3)14(4)12-18(21)22(15)16-10-8-9-11-17(16)23(25)26/h5-6,8-13H,7H2,1-4H3,(H,25,26). The number of carbonyl (C=O) groups is 1. The highest BCUT2D eigenvalue weighted by Gasteiger charge is 2.20. The second-order valence-electron chi connectivity index (χ2n) is 6.29. The van der Waals surface area contributed by atoms with E-state index in [0.29, 0.717) is 23.3 Å². The first-order valence-corrected chi connectivity index (χ1v) is 9.05. The van der Waals surface area contributed by atoms with Gasteiger partial charge in [-0.2, -0.15) is 0 Å². The molecule has 0 spiro atoms. The van der Waals surface area contributed by atoms with E-state index < -0.39 is 5.97 Å². The van der Waals surface area contributed by atoms with Crippen LogP contribution in [0.2, 0.25) is 0 Å². The molecule has 0 saturated heterocycles. The number of hydrogen-bond acceptors (Lipinski definition) is 3. The smallest absolute Gasteiger partial charge is 0.336 e. The van der Waals surface area contributed by atoms with E-state index in [-0.39, 0.29) is 5.56 Å². The Labute approximate surface area is 158 Å². The number of rotatable bonds is 3. The Hall–Kier alpha value is -3.14. The van der Waals surface area contributed by atoms with Crippen LogP contribution in [0.3, 0.4) is 0 Å². The fraction of sp³-hybridized carbons (Fsp3) is 0.217. The molecule has 0 amide bonds. The molecule has 27 heavy (non-hydrogen) atoms. The van der Waals surface area contributed by atoms with Crippen molar-refractivity contribution in [1.29, 1.82) is 0 Å². The molecule has 1 heterocycles. The fourth-order valence-corrected chi connectivity index (χ4v) is 3.42. The molecule has 1 N–H and O–H groups in total. The number of aryl methyl sites for hydroxylation is 1. The predicted octanol–water partition coefficient (Wildman–Crippen LogP) is 3.58. The Kier molecular flexibility index (Phi) is 5.26. The van der Waals surface area contributed by atoms with Crippen molar-refractivity contribution in [3.63, 3.8) is 0 Å². The lowest BCUT2D eigenvalue weighted by Gasteiger charge is -2.16. The zero-order chi connectivity index (χ0) is 19.6. The highest BCUT2D eigenvalue weighted by Crippen LogP contribution is 2.31. The van der Waals surface area contributed by atoms with E-state index in [1.165, 1.54) is 0 Å². The number of aromatic carboxylic acids is 1. The van der Waals surface area contributed by atoms with Crippen molar-refractivity contribution in [2.75, 3.05) is 6.54 Å². The normalized spacial score (nSPS) is 13.6. The number of nitrogens with zero attached hydrogens (tertiary/aromatic N) is 1. The molecule has 1 aromatic rings. The van der Waals surface area contributed by atoms with Gasteiger partial charge in [0.15, 0.2) is 0 Å². The van der Waals surface area contributed by atoms with Crippen LogP contribution in [0.5, 0.6) is 0 Å². The molecule has 1 aromatic carbocycles. The molecule has 138 valence electrons. The maximum Gasteiger partial charge on any atom is 0.336 e. The minimum Gasteiger partial charge on any atom is -0.478 e. The molecule has 2 aliphatic rings. The largest absolute Gasteiger partial charge is 0.478 e. The fourth-order valence-electron chi connectivity index (χ4n) is 3.42. The molecule has 1 aliphatic carbocycles. The number of fused-ring (bicyclic) bond motifs is 1. The SMILES string of the molecule is CC=c1oc2cc(=NCC)c(C)cc-2c(-c2ccccc2C(=O)O)c1=CC. The highest BCUT2D eigenvalue weighted by molar-refractivity contribution is 5.98. The van der Waals surface area contributed by atoms with Gasteiger partial charge in [0.05, 0.1) is 10.9 Å². The summed E-state index contributed by atoms with van der Waals surface area (Å²) < 4.78 is 6.14. The molecule has 3 rings (SSSR count). The van der Waals surface area contributed by atoms with Gasteiger partial charge < -0.3 is 9.52 Å². The first kappa shape index (κ1) is 18.6. The summed E-state index contributed by atoms with van der Waals surface area (Å²) in [6, 6.07) is 11.1. The van der Waals surface area contributed by atoms with Crippen molar-refractivity contribution in [3.8, 4) is 22.5 Å². The third kappa shape index (κ3) is 3.31. The molecular formula is C23H23NO3. The summed E-state index contributed by atoms with van der Waals surface area (Å²) in [5.41, 5.74) is 4.46. The van der Waals surface area contributed by atoms with Gasteiger partial charge in [0, 0.05) is 29.0 Å². The average molecular weight is 361 g/mol. The van der Waals surface area contributed by atoms with Gasteiger partial charge in [-0.1, -0.05) is 24.3 Å². The van der Waals surface area contributed by atoms with Crippen molar-refractivity contribution in [1.82, 2.24) is 0 Å². The Bertz CT molecular complexity index is 1170. The maximum atomic E-state index is 11.8. The summed E-state index contributed by atoms with van der Waals surface area (Å²) in [7, 11) is 0. The van der Waals surface area contributed by atoms with Gasteiger partial charge in [0.25, 0.3) is 0 Å². The zero-order valence-electron chi connectivity index (χ0n) is 16.0. The maximum absolute atomic E-state index is 11.8. The Morgan fingerprint density at radius 1 is 1.15 bits per heavy atom. The number of benzene rings is 2. The van der Waals surface area contributed by atoms with Crippen LogP contribution < -0.4 is 16.0 Å². The molecule has 4 heteroatoms. The summed E-state index contributed by atoms with van der Waals surface area (Å²) in [4.78, 5) is 16.4. The van der Waals surface area contributed by atoms with Gasteiger partial charge in [-0.05, 0) is 57.0 Å². The minimum absolute atomic E-state index is 0.273. The third-order valence-electron chi connectivity index (χ3n) is 4.63. The predicted molar refractivity (Wildman–Crippen MR) is 108 cm³/mol. The van der Waals surface area contributed by atoms with Crippen molar-refractivity contribution < 1.29 is 14.3 Å². The molecular weight excluding hydrogens is 338 g/mol. The van der Waals surface area contributed by atoms with Gasteiger partial charge >= 0.3 is 5.97 Å². The van der Waals surface area contributed by atoms with E-state index in [9.17, 15) is 9.90 Å². The summed E-state index contributed by atoms with van der Waals surface area (Å²) >= 11 is 0. The van der Waals surface area contributed by atoms with E-state index in [4.69, 9.17) is 4.42 Å². The lowest BCUT2D eigenvalue weighted by molar-refractivity contribution is 0.0697. The second-order valence-corrected chi connectivity index (χ2v) is 6.29. The van der Waals surface area contributed by atoms with Crippen molar-refractivity contribution >= 4 is 18.1 Å². The van der Waals surface area contributed by atoms with Crippen LogP contribution in [0, 0.1) is 6.92 Å². The molecule has 0 fully saturated rings. The lowest BCUT2D eigenvalue weighted by atomic mass is 9.91. The van der Waals surface area contributed by atoms with Gasteiger partial charge in [-0.15, -0.1) is 0 Å². The van der Waals surface area contributed by atoms with E-state index in [0.717, 1.165) is 27.3 Å². The van der Waals surface area contributed by atoms with Crippen molar-refractivity contribution in [3.05, 3.63) is 63.5 Å². The highest BCUT2D eigenvalue weighted by atomic mass is 16.4. The molecule has 0 atom stereocenters. The van der Waals surface area contributed by atoms with Crippen LogP contribution >= 0.6 is 0 Å². The van der Waals surface area contributed by atoms with Crippen LogP contribution in [-0.2, 0) is 0 Å². The summed E-state index contributed by atoms with van der Waals surface area (Å²) in [5, 5.41) is 11.5. The number of carboxylic acid groups (broad SMARTS) is 1. The van der Waals surface area contributed by atoms with Crippen LogP contribution in [-0.4, -0.2) is 17.6 Å². The van der Waals surface area contributed by atoms with E-state index >= 15 is 0 Å². The molecule has 1 aliphatic heterocycles. The minimum atomic E-state index is -0.946. The third-order valence-corrected chi connectivity index (χ3v) is 4.63. The molecule has 0 bridgehead atoms. The Morgan fingerprint density at radius 3 is 2.52 bits per heavy atom. The lowest BCUT2D eigenvalue weighted by Crippen LogP contribution is -2.29. The first-order valence-electron chi connectivity index (χ1n) is 9.05. The van der Waals surface area contributed by atoms with Crippen LogP contribution in [0.15, 0.2) is 45.8 Å². The van der Waals surface area contributed by atoms with Crippen LogP contribution in [0.4, 0.5) is 0 Å². The first-order chi connectivity index (χ1) is 13.0. The van der Waals surface area contributed by atoms with Crippen molar-refractivity contribution in [2.45, 2.75) is 27.7 Å². The molecule has 4 nitrogen and oxygen atoms in total. The zero-order valence-corrected chi connectivity index (χ0v) is 16.0. The van der Waals surface area contributed by atoms with Gasteiger partial charge in [0.1, 0.15) is 11.2 Å². The van der Waals surface area contributed by atoms with Gasteiger partial charge in [-0.3, -0.25) is 4.99 Å². The summed E-state index contributed by atoms with van der Waals surface area (Å²) in [6.07, 6.45) is 3.87. The van der Waals surface area contributed by atoms with Crippen LogP contribution in [0.1, 0.15) is 36.7 Å². The van der Waals surface area contributed by atoms with E-state index in [1.807, 2.05) is 64.1 Å². The van der Waals surface area contributed by atoms with Gasteiger partial charge in [-0.25, -0.2) is 4.79 Å². The average Bonchev–Trinajstić information content (AvgIpc) is 2.67. The molecule has 0 unspecified atom stereocenters. The van der Waals surface area contributed by atoms with E-state index in [2.05, 4.69) is 4.99 Å². The van der Waals surface area contributed by atoms with E-state index in [1.54, 1.807) is 12.1 Å². The Morgan fingerprint density at radius 2 is 1.89 bits per heavy atom. The van der Waals surface area contributed by atoms with Gasteiger partial charge in [0.2, 0.25) is 0 Å². The number of carboxylic acids is 1. The molecule has 0 radical (unpaired) electrons. The van der Waals surface area contributed by atoms with Crippen molar-refractivity contribution in [2.24, 2.45) is 4.99 Å². The summed E-state index contributed by atoms with van der Waals surface area (Å²) in [6.45, 7) is 8.54.